The van der Waals surface area contributed by atoms with E-state index in [4.69, 9.17) is 0 Å². The molecule has 1 aliphatic rings. The molecule has 0 aromatic heterocycles. The number of hydrogen-bond donors (Lipinski definition) is 0. The van der Waals surface area contributed by atoms with Crippen molar-refractivity contribution in [2.45, 2.75) is 27.2 Å². The van der Waals surface area contributed by atoms with E-state index in [1.54, 1.807) is 0 Å². The van der Waals surface area contributed by atoms with Gasteiger partial charge in [-0.05, 0) is 12.8 Å². The van der Waals surface area contributed by atoms with Crippen molar-refractivity contribution in [1.82, 2.24) is 0 Å². The van der Waals surface area contributed by atoms with E-state index >= 15 is 0 Å². The lowest BCUT2D eigenvalue weighted by Gasteiger charge is -2.05. The largest absolute Gasteiger partial charge is 0.393 e. The lowest BCUT2D eigenvalue weighted by molar-refractivity contribution is -0.152. The molecule has 1 rings (SSSR count). The van der Waals surface area contributed by atoms with Gasteiger partial charge in [0, 0.05) is 0 Å². The van der Waals surface area contributed by atoms with Crippen LogP contribution in [0.2, 0.25) is 0 Å². The maximum absolute atomic E-state index is 11.1. The van der Waals surface area contributed by atoms with E-state index in [1.165, 1.54) is 0 Å². The molecule has 1 saturated heterocycles. The Kier molecular flexibility index (Phi) is 2.86. The number of ether oxygens (including phenoxy) is 1. The number of esters is 2. The van der Waals surface area contributed by atoms with Gasteiger partial charge in [0.2, 0.25) is 0 Å². The Labute approximate surface area is 77.8 Å². The average molecular weight is 182 g/mol. The van der Waals surface area contributed by atoms with E-state index in [0.717, 1.165) is 5.57 Å². The third-order valence-corrected chi connectivity index (χ3v) is 2.28. The van der Waals surface area contributed by atoms with E-state index in [1.807, 2.05) is 26.8 Å². The molecule has 0 bridgehead atoms. The summed E-state index contributed by atoms with van der Waals surface area (Å²) in [6.45, 7) is 6.06. The van der Waals surface area contributed by atoms with Crippen molar-refractivity contribution >= 4 is 11.9 Å². The lowest BCUT2D eigenvalue weighted by atomic mass is 9.98. The molecule has 0 aromatic carbocycles. The van der Waals surface area contributed by atoms with Gasteiger partial charge in [-0.25, -0.2) is 0 Å². The molecular weight excluding hydrogens is 168 g/mol. The summed E-state index contributed by atoms with van der Waals surface area (Å²) in [5.74, 6) is -0.772. The third kappa shape index (κ3) is 2.41. The van der Waals surface area contributed by atoms with Crippen LogP contribution in [0.15, 0.2) is 11.6 Å². The highest BCUT2D eigenvalue weighted by Gasteiger charge is 2.31. The van der Waals surface area contributed by atoms with Crippen LogP contribution in [0.4, 0.5) is 0 Å². The van der Waals surface area contributed by atoms with Crippen molar-refractivity contribution in [3.05, 3.63) is 11.6 Å². The molecule has 0 N–H and O–H groups in total. The first-order chi connectivity index (χ1) is 6.00. The Bertz CT molecular complexity index is 263. The highest BCUT2D eigenvalue weighted by molar-refractivity contribution is 5.95. The highest BCUT2D eigenvalue weighted by Crippen LogP contribution is 2.21. The quantitative estimate of drug-likeness (QED) is 0.370. The molecule has 1 atom stereocenters. The fraction of sp³-hybridized carbons (Fsp3) is 0.600. The fourth-order valence-electron chi connectivity index (χ4n) is 1.13. The van der Waals surface area contributed by atoms with E-state index in [0.29, 0.717) is 5.92 Å². The summed E-state index contributed by atoms with van der Waals surface area (Å²) >= 11 is 0. The first kappa shape index (κ1) is 9.96. The van der Waals surface area contributed by atoms with E-state index in [2.05, 4.69) is 4.74 Å². The van der Waals surface area contributed by atoms with Crippen molar-refractivity contribution < 1.29 is 14.3 Å². The van der Waals surface area contributed by atoms with E-state index < -0.39 is 11.9 Å². The second-order valence-electron chi connectivity index (χ2n) is 3.67. The van der Waals surface area contributed by atoms with Crippen molar-refractivity contribution in [1.29, 1.82) is 0 Å². The van der Waals surface area contributed by atoms with Crippen LogP contribution in [-0.4, -0.2) is 11.9 Å². The van der Waals surface area contributed by atoms with Gasteiger partial charge < -0.3 is 4.74 Å². The van der Waals surface area contributed by atoms with Gasteiger partial charge in [-0.1, -0.05) is 25.5 Å². The Morgan fingerprint density at radius 3 is 2.54 bits per heavy atom. The first-order valence-corrected chi connectivity index (χ1v) is 4.43. The molecule has 0 aliphatic carbocycles. The third-order valence-electron chi connectivity index (χ3n) is 2.28. The van der Waals surface area contributed by atoms with Crippen LogP contribution in [-0.2, 0) is 14.3 Å². The fourth-order valence-corrected chi connectivity index (χ4v) is 1.13. The molecule has 1 heterocycles. The predicted molar refractivity (Wildman–Crippen MR) is 47.8 cm³/mol. The predicted octanol–water partition coefficient (Wildman–Crippen LogP) is 1.68. The molecule has 0 amide bonds. The SMILES string of the molecule is CC(=CC1CC(=O)OC1=O)C(C)C. The minimum atomic E-state index is -0.414. The number of hydrogen-bond acceptors (Lipinski definition) is 3. The van der Waals surface area contributed by atoms with E-state index in [9.17, 15) is 9.59 Å². The summed E-state index contributed by atoms with van der Waals surface area (Å²) < 4.78 is 4.43. The van der Waals surface area contributed by atoms with Crippen molar-refractivity contribution in [2.24, 2.45) is 11.8 Å². The number of allylic oxidation sites excluding steroid dienone is 1. The van der Waals surface area contributed by atoms with Crippen LogP contribution in [0.1, 0.15) is 27.2 Å². The Morgan fingerprint density at radius 2 is 2.15 bits per heavy atom. The van der Waals surface area contributed by atoms with Crippen LogP contribution in [0, 0.1) is 11.8 Å². The zero-order valence-electron chi connectivity index (χ0n) is 8.16. The van der Waals surface area contributed by atoms with Gasteiger partial charge in [0.25, 0.3) is 0 Å². The zero-order chi connectivity index (χ0) is 10.0. The maximum atomic E-state index is 11.1. The monoisotopic (exact) mass is 182 g/mol. The molecule has 1 aliphatic heterocycles. The molecule has 3 nitrogen and oxygen atoms in total. The molecule has 0 radical (unpaired) electrons. The summed E-state index contributed by atoms with van der Waals surface area (Å²) in [6.07, 6.45) is 2.03. The van der Waals surface area contributed by atoms with Crippen LogP contribution >= 0.6 is 0 Å². The average Bonchev–Trinajstić information content (AvgIpc) is 2.30. The van der Waals surface area contributed by atoms with Crippen molar-refractivity contribution in [3.8, 4) is 0 Å². The summed E-state index contributed by atoms with van der Waals surface area (Å²) in [5, 5.41) is 0. The minimum Gasteiger partial charge on any atom is -0.393 e. The van der Waals surface area contributed by atoms with Crippen LogP contribution in [0.3, 0.4) is 0 Å². The van der Waals surface area contributed by atoms with Crippen LogP contribution in [0.5, 0.6) is 0 Å². The van der Waals surface area contributed by atoms with Gasteiger partial charge in [0.15, 0.2) is 0 Å². The van der Waals surface area contributed by atoms with Gasteiger partial charge in [-0.3, -0.25) is 9.59 Å². The molecule has 0 saturated carbocycles. The normalized spacial score (nSPS) is 24.0. The van der Waals surface area contributed by atoms with Gasteiger partial charge in [0.1, 0.15) is 0 Å². The molecular formula is C10H14O3. The smallest absolute Gasteiger partial charge is 0.321 e. The summed E-state index contributed by atoms with van der Waals surface area (Å²) in [6, 6.07) is 0. The minimum absolute atomic E-state index is 0.197. The standard InChI is InChI=1S/C10H14O3/c1-6(2)7(3)4-8-5-9(11)13-10(8)12/h4,6,8H,5H2,1-3H3. The van der Waals surface area contributed by atoms with Gasteiger partial charge in [0.05, 0.1) is 12.3 Å². The number of carbonyl (C=O) groups excluding carboxylic acids is 2. The first-order valence-electron chi connectivity index (χ1n) is 4.43. The lowest BCUT2D eigenvalue weighted by Crippen LogP contribution is -2.05. The van der Waals surface area contributed by atoms with Crippen LogP contribution in [0.25, 0.3) is 0 Å². The highest BCUT2D eigenvalue weighted by atomic mass is 16.6. The molecule has 72 valence electrons. The Morgan fingerprint density at radius 1 is 1.54 bits per heavy atom. The molecule has 0 aromatic rings. The molecule has 1 unspecified atom stereocenters. The summed E-state index contributed by atoms with van der Waals surface area (Å²) in [5.41, 5.74) is 1.12. The van der Waals surface area contributed by atoms with Gasteiger partial charge in [-0.2, -0.15) is 0 Å². The van der Waals surface area contributed by atoms with E-state index in [-0.39, 0.29) is 12.3 Å². The number of cyclic esters (lactones) is 2. The second kappa shape index (κ2) is 3.73. The maximum Gasteiger partial charge on any atom is 0.321 e. The van der Waals surface area contributed by atoms with Crippen molar-refractivity contribution in [2.75, 3.05) is 0 Å². The Hall–Kier alpha value is -1.12. The molecule has 0 spiro atoms. The summed E-state index contributed by atoms with van der Waals surface area (Å²) in [7, 11) is 0. The molecule has 1 fully saturated rings. The number of carbonyl (C=O) groups is 2. The molecule has 3 heteroatoms. The zero-order valence-corrected chi connectivity index (χ0v) is 8.16. The van der Waals surface area contributed by atoms with Gasteiger partial charge in [-0.15, -0.1) is 0 Å². The van der Waals surface area contributed by atoms with Crippen LogP contribution < -0.4 is 0 Å². The topological polar surface area (TPSA) is 43.4 Å². The summed E-state index contributed by atoms with van der Waals surface area (Å²) in [4.78, 5) is 21.8. The Balaban J connectivity index is 2.69. The second-order valence-corrected chi connectivity index (χ2v) is 3.67. The van der Waals surface area contributed by atoms with Crippen molar-refractivity contribution in [3.63, 3.8) is 0 Å². The molecule has 13 heavy (non-hydrogen) atoms. The van der Waals surface area contributed by atoms with Gasteiger partial charge >= 0.3 is 11.9 Å². The number of rotatable bonds is 2.